The molecule has 3 heteroatoms. The fourth-order valence-electron chi connectivity index (χ4n) is 2.19. The normalized spacial score (nSPS) is 16.7. The van der Waals surface area contributed by atoms with Crippen molar-refractivity contribution in [3.8, 4) is 5.88 Å². The fraction of sp³-hybridized carbons (Fsp3) is 0.643. The van der Waals surface area contributed by atoms with Crippen LogP contribution in [-0.4, -0.2) is 11.1 Å². The van der Waals surface area contributed by atoms with E-state index in [4.69, 9.17) is 16.3 Å². The Bertz CT molecular complexity index is 372. The number of rotatable bonds is 4. The van der Waals surface area contributed by atoms with E-state index in [1.165, 1.54) is 12.8 Å². The highest BCUT2D eigenvalue weighted by Crippen LogP contribution is 2.25. The fourth-order valence-corrected chi connectivity index (χ4v) is 2.35. The van der Waals surface area contributed by atoms with Crippen LogP contribution < -0.4 is 4.74 Å². The van der Waals surface area contributed by atoms with Crippen molar-refractivity contribution in [3.05, 3.63) is 23.4 Å². The van der Waals surface area contributed by atoms with E-state index in [-0.39, 0.29) is 0 Å². The summed E-state index contributed by atoms with van der Waals surface area (Å²) < 4.78 is 5.94. The number of halogens is 1. The van der Waals surface area contributed by atoms with E-state index in [0.717, 1.165) is 30.0 Å². The Morgan fingerprint density at radius 3 is 2.65 bits per heavy atom. The summed E-state index contributed by atoms with van der Waals surface area (Å²) in [4.78, 5) is 4.56. The van der Waals surface area contributed by atoms with Crippen LogP contribution in [0, 0.1) is 0 Å². The van der Waals surface area contributed by atoms with Gasteiger partial charge in [0.25, 0.3) is 0 Å². The topological polar surface area (TPSA) is 22.1 Å². The molecule has 1 heterocycles. The summed E-state index contributed by atoms with van der Waals surface area (Å²) >= 11 is 5.91. The lowest BCUT2D eigenvalue weighted by Crippen LogP contribution is -2.12. The van der Waals surface area contributed by atoms with Gasteiger partial charge in [-0.3, -0.25) is 0 Å². The first-order valence-corrected chi connectivity index (χ1v) is 6.96. The molecule has 1 aliphatic carbocycles. The summed E-state index contributed by atoms with van der Waals surface area (Å²) in [6.07, 6.45) is 5.22. The van der Waals surface area contributed by atoms with Gasteiger partial charge in [0.15, 0.2) is 0 Å². The zero-order chi connectivity index (χ0) is 12.3. The average molecular weight is 254 g/mol. The molecule has 1 aromatic heterocycles. The second-order valence-electron chi connectivity index (χ2n) is 5.05. The lowest BCUT2D eigenvalue weighted by Gasteiger charge is -2.15. The van der Waals surface area contributed by atoms with E-state index in [1.54, 1.807) is 0 Å². The van der Waals surface area contributed by atoms with Gasteiger partial charge < -0.3 is 4.74 Å². The molecule has 0 aromatic carbocycles. The highest BCUT2D eigenvalue weighted by molar-refractivity contribution is 6.17. The summed E-state index contributed by atoms with van der Waals surface area (Å²) in [6.45, 7) is 4.28. The van der Waals surface area contributed by atoms with Crippen molar-refractivity contribution in [2.24, 2.45) is 0 Å². The molecule has 1 fully saturated rings. The molecule has 0 spiro atoms. The maximum absolute atomic E-state index is 5.94. The summed E-state index contributed by atoms with van der Waals surface area (Å²) in [7, 11) is 0. The van der Waals surface area contributed by atoms with Gasteiger partial charge in [0.1, 0.15) is 6.10 Å². The monoisotopic (exact) mass is 253 g/mol. The molecule has 2 nitrogen and oxygen atoms in total. The van der Waals surface area contributed by atoms with Crippen LogP contribution >= 0.6 is 11.6 Å². The van der Waals surface area contributed by atoms with Gasteiger partial charge in [-0.2, -0.15) is 0 Å². The minimum Gasteiger partial charge on any atom is -0.474 e. The molecule has 0 N–H and O–H groups in total. The van der Waals surface area contributed by atoms with Crippen molar-refractivity contribution in [3.63, 3.8) is 0 Å². The van der Waals surface area contributed by atoms with E-state index in [9.17, 15) is 0 Å². The van der Waals surface area contributed by atoms with Crippen LogP contribution in [0.5, 0.6) is 5.88 Å². The van der Waals surface area contributed by atoms with Crippen molar-refractivity contribution in [1.82, 2.24) is 4.98 Å². The molecule has 94 valence electrons. The van der Waals surface area contributed by atoms with Gasteiger partial charge in [-0.15, -0.1) is 11.6 Å². The van der Waals surface area contributed by atoms with Crippen molar-refractivity contribution >= 4 is 11.6 Å². The minimum absolute atomic E-state index is 0.355. The Morgan fingerprint density at radius 1 is 1.35 bits per heavy atom. The predicted molar refractivity (Wildman–Crippen MR) is 70.8 cm³/mol. The lowest BCUT2D eigenvalue weighted by atomic mass is 10.1. The Hall–Kier alpha value is -0.760. The molecule has 17 heavy (non-hydrogen) atoms. The first kappa shape index (κ1) is 12.7. The first-order valence-electron chi connectivity index (χ1n) is 6.42. The maximum Gasteiger partial charge on any atom is 0.214 e. The zero-order valence-corrected chi connectivity index (χ0v) is 11.3. The minimum atomic E-state index is 0.355. The predicted octanol–water partition coefficient (Wildman–Crippen LogP) is 4.27. The molecule has 0 saturated heterocycles. The summed E-state index contributed by atoms with van der Waals surface area (Å²) in [5.41, 5.74) is 2.16. The number of alkyl halides is 1. The van der Waals surface area contributed by atoms with Crippen LogP contribution in [0.15, 0.2) is 12.1 Å². The lowest BCUT2D eigenvalue weighted by molar-refractivity contribution is 0.200. The quantitative estimate of drug-likeness (QED) is 0.748. The van der Waals surface area contributed by atoms with Gasteiger partial charge in [-0.05, 0) is 43.2 Å². The number of pyridine rings is 1. The Morgan fingerprint density at radius 2 is 2.06 bits per heavy atom. The first-order chi connectivity index (χ1) is 8.19. The third-order valence-corrected chi connectivity index (χ3v) is 3.53. The number of ether oxygens (including phenoxy) is 1. The van der Waals surface area contributed by atoms with Gasteiger partial charge in [-0.1, -0.05) is 13.8 Å². The van der Waals surface area contributed by atoms with E-state index in [1.807, 2.05) is 6.07 Å². The number of aromatic nitrogens is 1. The highest BCUT2D eigenvalue weighted by atomic mass is 35.5. The van der Waals surface area contributed by atoms with Crippen LogP contribution in [-0.2, 0) is 5.88 Å². The van der Waals surface area contributed by atoms with Gasteiger partial charge in [0, 0.05) is 17.6 Å². The van der Waals surface area contributed by atoms with Crippen molar-refractivity contribution in [1.29, 1.82) is 0 Å². The second kappa shape index (κ2) is 5.72. The largest absolute Gasteiger partial charge is 0.474 e. The van der Waals surface area contributed by atoms with Crippen LogP contribution in [0.3, 0.4) is 0 Å². The van der Waals surface area contributed by atoms with Gasteiger partial charge in [0.05, 0.1) is 0 Å². The molecule has 0 unspecified atom stereocenters. The number of hydrogen-bond acceptors (Lipinski definition) is 2. The third-order valence-electron chi connectivity index (χ3n) is 3.22. The number of hydrogen-bond donors (Lipinski definition) is 0. The van der Waals surface area contributed by atoms with E-state index < -0.39 is 0 Å². The number of nitrogens with zero attached hydrogens (tertiary/aromatic N) is 1. The third kappa shape index (κ3) is 3.35. The molecular formula is C14H20ClNO. The van der Waals surface area contributed by atoms with Crippen LogP contribution in [0.25, 0.3) is 0 Å². The van der Waals surface area contributed by atoms with Gasteiger partial charge in [-0.25, -0.2) is 4.98 Å². The van der Waals surface area contributed by atoms with E-state index >= 15 is 0 Å². The molecule has 0 amide bonds. The Labute approximate surface area is 108 Å². The molecule has 0 atom stereocenters. The van der Waals surface area contributed by atoms with Crippen LogP contribution in [0.2, 0.25) is 0 Å². The molecule has 0 aliphatic heterocycles. The van der Waals surface area contributed by atoms with Crippen molar-refractivity contribution in [2.75, 3.05) is 0 Å². The highest BCUT2D eigenvalue weighted by Gasteiger charge is 2.17. The van der Waals surface area contributed by atoms with Crippen LogP contribution in [0.1, 0.15) is 56.7 Å². The zero-order valence-electron chi connectivity index (χ0n) is 10.6. The average Bonchev–Trinajstić information content (AvgIpc) is 2.81. The van der Waals surface area contributed by atoms with Crippen LogP contribution in [0.4, 0.5) is 0 Å². The maximum atomic E-state index is 5.94. The van der Waals surface area contributed by atoms with E-state index in [0.29, 0.717) is 17.9 Å². The molecule has 0 radical (unpaired) electrons. The summed E-state index contributed by atoms with van der Waals surface area (Å²) in [5.74, 6) is 1.67. The molecule has 1 aromatic rings. The second-order valence-corrected chi connectivity index (χ2v) is 5.32. The molecule has 1 aliphatic rings. The Kier molecular flexibility index (Phi) is 4.27. The summed E-state index contributed by atoms with van der Waals surface area (Å²) in [5, 5.41) is 0. The SMILES string of the molecule is CC(C)c1cc(CCl)cc(OC2CCCC2)n1. The summed E-state index contributed by atoms with van der Waals surface area (Å²) in [6, 6.07) is 4.04. The molecule has 0 bridgehead atoms. The van der Waals surface area contributed by atoms with Crippen molar-refractivity contribution in [2.45, 2.75) is 57.4 Å². The smallest absolute Gasteiger partial charge is 0.214 e. The molecule has 2 rings (SSSR count). The van der Waals surface area contributed by atoms with Gasteiger partial charge in [0.2, 0.25) is 5.88 Å². The van der Waals surface area contributed by atoms with Gasteiger partial charge >= 0.3 is 0 Å². The molecule has 1 saturated carbocycles. The Balaban J connectivity index is 2.16. The molecular weight excluding hydrogens is 234 g/mol. The van der Waals surface area contributed by atoms with Crippen molar-refractivity contribution < 1.29 is 4.74 Å². The standard InChI is InChI=1S/C14H20ClNO/c1-10(2)13-7-11(9-15)8-14(16-13)17-12-5-3-4-6-12/h7-8,10,12H,3-6,9H2,1-2H3. The van der Waals surface area contributed by atoms with E-state index in [2.05, 4.69) is 24.9 Å².